The van der Waals surface area contributed by atoms with Crippen molar-refractivity contribution >= 4 is 17.8 Å². The summed E-state index contributed by atoms with van der Waals surface area (Å²) in [6.07, 6.45) is 1.29. The third-order valence-electron chi connectivity index (χ3n) is 2.56. The summed E-state index contributed by atoms with van der Waals surface area (Å²) < 4.78 is 1.42. The van der Waals surface area contributed by atoms with E-state index >= 15 is 0 Å². The van der Waals surface area contributed by atoms with Gasteiger partial charge in [0.15, 0.2) is 0 Å². The largest absolute Gasteiger partial charge is 0.478 e. The van der Waals surface area contributed by atoms with E-state index in [1.54, 1.807) is 25.2 Å². The van der Waals surface area contributed by atoms with Gasteiger partial charge in [-0.2, -0.15) is 10.1 Å². The number of anilines is 1. The van der Waals surface area contributed by atoms with E-state index in [1.807, 2.05) is 0 Å². The van der Waals surface area contributed by atoms with Gasteiger partial charge in [0, 0.05) is 7.05 Å². The standard InChI is InChI=1S/C12H12N4O3/c1-16-12(13-7-14-16)15-10(17)6-8-4-2-3-5-9(8)11(18)19/h2-5,7H,6H2,1H3,(H,18,19)(H,13,14,15,17). The minimum absolute atomic E-state index is 0.0324. The van der Waals surface area contributed by atoms with Gasteiger partial charge < -0.3 is 5.11 Å². The molecule has 1 aromatic heterocycles. The molecule has 0 bridgehead atoms. The SMILES string of the molecule is Cn1ncnc1NC(=O)Cc1ccccc1C(=O)O. The van der Waals surface area contributed by atoms with Crippen molar-refractivity contribution in [3.63, 3.8) is 0 Å². The Labute approximate surface area is 108 Å². The van der Waals surface area contributed by atoms with Crippen LogP contribution in [0.4, 0.5) is 5.95 Å². The molecule has 1 aromatic carbocycles. The van der Waals surface area contributed by atoms with Crippen LogP contribution in [0, 0.1) is 0 Å². The van der Waals surface area contributed by atoms with E-state index in [2.05, 4.69) is 15.4 Å². The fraction of sp³-hybridized carbons (Fsp3) is 0.167. The van der Waals surface area contributed by atoms with Crippen molar-refractivity contribution < 1.29 is 14.7 Å². The van der Waals surface area contributed by atoms with Crippen LogP contribution in [0.5, 0.6) is 0 Å². The third-order valence-corrected chi connectivity index (χ3v) is 2.56. The highest BCUT2D eigenvalue weighted by Gasteiger charge is 2.13. The molecule has 0 fully saturated rings. The van der Waals surface area contributed by atoms with Crippen LogP contribution in [0.25, 0.3) is 0 Å². The van der Waals surface area contributed by atoms with E-state index in [1.165, 1.54) is 17.1 Å². The number of aryl methyl sites for hydroxylation is 1. The van der Waals surface area contributed by atoms with Gasteiger partial charge in [-0.1, -0.05) is 18.2 Å². The lowest BCUT2D eigenvalue weighted by Gasteiger charge is -2.06. The lowest BCUT2D eigenvalue weighted by atomic mass is 10.0. The number of carboxylic acids is 1. The maximum atomic E-state index is 11.8. The van der Waals surface area contributed by atoms with E-state index in [9.17, 15) is 9.59 Å². The van der Waals surface area contributed by atoms with Gasteiger partial charge in [-0.25, -0.2) is 9.48 Å². The van der Waals surface area contributed by atoms with Crippen LogP contribution in [0.2, 0.25) is 0 Å². The summed E-state index contributed by atoms with van der Waals surface area (Å²) in [7, 11) is 1.65. The summed E-state index contributed by atoms with van der Waals surface area (Å²) in [5.41, 5.74) is 0.574. The molecule has 19 heavy (non-hydrogen) atoms. The zero-order valence-electron chi connectivity index (χ0n) is 10.2. The first-order valence-corrected chi connectivity index (χ1v) is 5.53. The zero-order valence-corrected chi connectivity index (χ0v) is 10.2. The second-order valence-corrected chi connectivity index (χ2v) is 3.89. The van der Waals surface area contributed by atoms with Gasteiger partial charge in [0.25, 0.3) is 0 Å². The van der Waals surface area contributed by atoms with Crippen LogP contribution >= 0.6 is 0 Å². The fourth-order valence-corrected chi connectivity index (χ4v) is 1.63. The van der Waals surface area contributed by atoms with E-state index in [0.717, 1.165) is 0 Å². The number of carboxylic acid groups (broad SMARTS) is 1. The number of amides is 1. The minimum Gasteiger partial charge on any atom is -0.478 e. The Morgan fingerprint density at radius 1 is 1.37 bits per heavy atom. The number of nitrogens with one attached hydrogen (secondary N) is 1. The van der Waals surface area contributed by atoms with Gasteiger partial charge in [0.1, 0.15) is 6.33 Å². The van der Waals surface area contributed by atoms with Crippen molar-refractivity contribution in [2.24, 2.45) is 7.05 Å². The van der Waals surface area contributed by atoms with E-state index in [0.29, 0.717) is 11.5 Å². The summed E-state index contributed by atoms with van der Waals surface area (Å²) in [5, 5.41) is 15.4. The molecular formula is C12H12N4O3. The normalized spacial score (nSPS) is 10.2. The molecule has 0 aliphatic carbocycles. The summed E-state index contributed by atoms with van der Waals surface area (Å²) >= 11 is 0. The summed E-state index contributed by atoms with van der Waals surface area (Å²) in [4.78, 5) is 26.7. The van der Waals surface area contributed by atoms with Gasteiger partial charge in [0.05, 0.1) is 12.0 Å². The van der Waals surface area contributed by atoms with Crippen molar-refractivity contribution in [1.82, 2.24) is 14.8 Å². The smallest absolute Gasteiger partial charge is 0.335 e. The topological polar surface area (TPSA) is 97.1 Å². The highest BCUT2D eigenvalue weighted by molar-refractivity contribution is 5.95. The summed E-state index contributed by atoms with van der Waals surface area (Å²) in [6.45, 7) is 0. The molecule has 7 heteroatoms. The van der Waals surface area contributed by atoms with Crippen molar-refractivity contribution in [2.75, 3.05) is 5.32 Å². The van der Waals surface area contributed by atoms with Gasteiger partial charge in [-0.3, -0.25) is 10.1 Å². The van der Waals surface area contributed by atoms with E-state index < -0.39 is 5.97 Å². The molecule has 0 saturated heterocycles. The molecule has 1 amide bonds. The Morgan fingerprint density at radius 3 is 2.74 bits per heavy atom. The molecule has 0 spiro atoms. The van der Waals surface area contributed by atoms with Gasteiger partial charge in [-0.05, 0) is 11.6 Å². The highest BCUT2D eigenvalue weighted by atomic mass is 16.4. The van der Waals surface area contributed by atoms with Crippen LogP contribution in [0.1, 0.15) is 15.9 Å². The lowest BCUT2D eigenvalue weighted by Crippen LogP contribution is -2.18. The number of aromatic nitrogens is 3. The van der Waals surface area contributed by atoms with Crippen LogP contribution in [0.3, 0.4) is 0 Å². The second kappa shape index (κ2) is 5.30. The Hall–Kier alpha value is -2.70. The number of benzene rings is 1. The predicted octanol–water partition coefficient (Wildman–Crippen LogP) is 0.694. The first kappa shape index (κ1) is 12.7. The zero-order chi connectivity index (χ0) is 13.8. The molecule has 0 aliphatic heterocycles. The van der Waals surface area contributed by atoms with Crippen molar-refractivity contribution in [1.29, 1.82) is 0 Å². The fourth-order valence-electron chi connectivity index (χ4n) is 1.63. The first-order chi connectivity index (χ1) is 9.08. The molecule has 2 rings (SSSR count). The average molecular weight is 260 g/mol. The maximum Gasteiger partial charge on any atom is 0.335 e. The molecular weight excluding hydrogens is 248 g/mol. The Morgan fingerprint density at radius 2 is 2.11 bits per heavy atom. The quantitative estimate of drug-likeness (QED) is 0.843. The van der Waals surface area contributed by atoms with Crippen molar-refractivity contribution in [3.05, 3.63) is 41.7 Å². The molecule has 7 nitrogen and oxygen atoms in total. The molecule has 2 N–H and O–H groups in total. The first-order valence-electron chi connectivity index (χ1n) is 5.53. The number of nitrogens with zero attached hydrogens (tertiary/aromatic N) is 3. The van der Waals surface area contributed by atoms with Crippen LogP contribution in [-0.2, 0) is 18.3 Å². The molecule has 1 heterocycles. The molecule has 98 valence electrons. The molecule has 0 saturated carbocycles. The molecule has 2 aromatic rings. The Balaban J connectivity index is 2.11. The number of hydrogen-bond donors (Lipinski definition) is 2. The summed E-state index contributed by atoms with van der Waals surface area (Å²) in [6, 6.07) is 6.39. The lowest BCUT2D eigenvalue weighted by molar-refractivity contribution is -0.115. The average Bonchev–Trinajstić information content (AvgIpc) is 2.75. The van der Waals surface area contributed by atoms with Crippen molar-refractivity contribution in [3.8, 4) is 0 Å². The van der Waals surface area contributed by atoms with Gasteiger partial charge in [0.2, 0.25) is 11.9 Å². The van der Waals surface area contributed by atoms with Crippen LogP contribution in [0.15, 0.2) is 30.6 Å². The number of carbonyl (C=O) groups is 2. The Kier molecular flexibility index (Phi) is 3.56. The monoisotopic (exact) mass is 260 g/mol. The van der Waals surface area contributed by atoms with E-state index in [-0.39, 0.29) is 17.9 Å². The minimum atomic E-state index is -1.05. The number of carbonyl (C=O) groups excluding carboxylic acids is 1. The second-order valence-electron chi connectivity index (χ2n) is 3.89. The Bertz CT molecular complexity index is 621. The number of rotatable bonds is 4. The molecule has 0 radical (unpaired) electrons. The number of hydrogen-bond acceptors (Lipinski definition) is 4. The van der Waals surface area contributed by atoms with Gasteiger partial charge >= 0.3 is 5.97 Å². The third kappa shape index (κ3) is 2.95. The summed E-state index contributed by atoms with van der Waals surface area (Å²) in [5.74, 6) is -1.08. The van der Waals surface area contributed by atoms with Crippen LogP contribution < -0.4 is 5.32 Å². The maximum absolute atomic E-state index is 11.8. The molecule has 0 atom stereocenters. The van der Waals surface area contributed by atoms with Gasteiger partial charge in [-0.15, -0.1) is 0 Å². The highest BCUT2D eigenvalue weighted by Crippen LogP contribution is 2.10. The van der Waals surface area contributed by atoms with Crippen LogP contribution in [-0.4, -0.2) is 31.7 Å². The molecule has 0 unspecified atom stereocenters. The van der Waals surface area contributed by atoms with E-state index in [4.69, 9.17) is 5.11 Å². The predicted molar refractivity (Wildman–Crippen MR) is 66.7 cm³/mol. The number of aromatic carboxylic acids is 1. The van der Waals surface area contributed by atoms with Crippen molar-refractivity contribution in [2.45, 2.75) is 6.42 Å². The molecule has 0 aliphatic rings.